The van der Waals surface area contributed by atoms with Crippen LogP contribution in [0.2, 0.25) is 0 Å². The van der Waals surface area contributed by atoms with Gasteiger partial charge in [0, 0.05) is 29.9 Å². The van der Waals surface area contributed by atoms with Crippen molar-refractivity contribution in [2.45, 2.75) is 24.2 Å². The molecule has 0 unspecified atom stereocenters. The second-order valence-corrected chi connectivity index (χ2v) is 10.2. The molecule has 5 rings (SSSR count). The number of fused-ring (bicyclic) bond motifs is 3. The number of likely N-dealkylation sites (tertiary alicyclic amines) is 1. The summed E-state index contributed by atoms with van der Waals surface area (Å²) >= 11 is 0. The number of hydrogen-bond acceptors (Lipinski definition) is 5. The number of rotatable bonds is 6. The van der Waals surface area contributed by atoms with Gasteiger partial charge in [-0.3, -0.25) is 9.10 Å². The molecular formula is C26H26N2O5S. The van der Waals surface area contributed by atoms with Gasteiger partial charge in [0.2, 0.25) is 5.91 Å². The highest BCUT2D eigenvalue weighted by molar-refractivity contribution is 7.92. The van der Waals surface area contributed by atoms with Crippen molar-refractivity contribution in [2.24, 2.45) is 0 Å². The molecule has 7 nitrogen and oxygen atoms in total. The third-order valence-corrected chi connectivity index (χ3v) is 8.04. The summed E-state index contributed by atoms with van der Waals surface area (Å²) < 4.78 is 40.4. The molecule has 0 atom stereocenters. The van der Waals surface area contributed by atoms with Gasteiger partial charge in [0.1, 0.15) is 23.5 Å². The van der Waals surface area contributed by atoms with Gasteiger partial charge in [0.05, 0.1) is 17.7 Å². The second kappa shape index (κ2) is 9.02. The highest BCUT2D eigenvalue weighted by Gasteiger charge is 2.32. The van der Waals surface area contributed by atoms with Gasteiger partial charge < -0.3 is 14.1 Å². The van der Waals surface area contributed by atoms with E-state index in [2.05, 4.69) is 0 Å². The van der Waals surface area contributed by atoms with Crippen molar-refractivity contribution < 1.29 is 22.4 Å². The lowest BCUT2D eigenvalue weighted by atomic mass is 10.1. The van der Waals surface area contributed by atoms with E-state index in [-0.39, 0.29) is 17.3 Å². The van der Waals surface area contributed by atoms with Crippen LogP contribution in [0.4, 0.5) is 5.69 Å². The third kappa shape index (κ3) is 3.98. The van der Waals surface area contributed by atoms with Crippen molar-refractivity contribution in [1.82, 2.24) is 4.90 Å². The predicted octanol–water partition coefficient (Wildman–Crippen LogP) is 4.80. The molecule has 8 heteroatoms. The van der Waals surface area contributed by atoms with Crippen LogP contribution >= 0.6 is 0 Å². The lowest BCUT2D eigenvalue weighted by Gasteiger charge is -2.31. The number of hydrogen-bond donors (Lipinski definition) is 0. The first-order chi connectivity index (χ1) is 16.5. The predicted molar refractivity (Wildman–Crippen MR) is 132 cm³/mol. The van der Waals surface area contributed by atoms with Crippen LogP contribution in [0.5, 0.6) is 5.75 Å². The van der Waals surface area contributed by atoms with Crippen LogP contribution in [0.15, 0.2) is 76.0 Å². The average Bonchev–Trinajstić information content (AvgIpc) is 3.24. The molecule has 1 aliphatic heterocycles. The Bertz CT molecular complexity index is 1440. The molecule has 0 bridgehead atoms. The number of carbonyl (C=O) groups excluding carboxylic acids is 1. The number of benzene rings is 3. The molecule has 1 aliphatic rings. The largest absolute Gasteiger partial charge is 0.494 e. The van der Waals surface area contributed by atoms with Gasteiger partial charge in [-0.1, -0.05) is 36.4 Å². The minimum Gasteiger partial charge on any atom is -0.494 e. The SMILES string of the molecule is COc1cc2oc3ccccc3c2cc1N(CC(=O)N1CCCCC1)S(=O)(=O)c1ccccc1. The summed E-state index contributed by atoms with van der Waals surface area (Å²) in [7, 11) is -2.57. The zero-order valence-corrected chi connectivity index (χ0v) is 19.8. The number of nitrogens with zero attached hydrogens (tertiary/aromatic N) is 2. The average molecular weight is 479 g/mol. The van der Waals surface area contributed by atoms with Gasteiger partial charge in [-0.25, -0.2) is 8.42 Å². The summed E-state index contributed by atoms with van der Waals surface area (Å²) in [4.78, 5) is 15.1. The number of methoxy groups -OCH3 is 1. The molecule has 34 heavy (non-hydrogen) atoms. The van der Waals surface area contributed by atoms with Gasteiger partial charge in [0.25, 0.3) is 10.0 Å². The summed E-state index contributed by atoms with van der Waals surface area (Å²) in [5, 5.41) is 1.62. The minimum absolute atomic E-state index is 0.112. The van der Waals surface area contributed by atoms with Gasteiger partial charge in [-0.15, -0.1) is 0 Å². The summed E-state index contributed by atoms with van der Waals surface area (Å²) in [6.07, 6.45) is 2.93. The molecule has 4 aromatic rings. The maximum Gasteiger partial charge on any atom is 0.264 e. The first-order valence-corrected chi connectivity index (χ1v) is 12.8. The lowest BCUT2D eigenvalue weighted by molar-refractivity contribution is -0.130. The minimum atomic E-state index is -4.05. The van der Waals surface area contributed by atoms with E-state index in [4.69, 9.17) is 9.15 Å². The molecule has 0 aliphatic carbocycles. The van der Waals surface area contributed by atoms with E-state index in [0.29, 0.717) is 35.7 Å². The second-order valence-electron chi connectivity index (χ2n) is 8.38. The summed E-state index contributed by atoms with van der Waals surface area (Å²) in [5.41, 5.74) is 1.58. The molecule has 0 radical (unpaired) electrons. The Morgan fingerprint density at radius 3 is 2.38 bits per heavy atom. The zero-order valence-electron chi connectivity index (χ0n) is 18.9. The number of furan rings is 1. The fourth-order valence-corrected chi connectivity index (χ4v) is 5.92. The van der Waals surface area contributed by atoms with E-state index in [1.165, 1.54) is 23.5 Å². The maximum absolute atomic E-state index is 13.8. The Labute approximate surface area is 198 Å². The number of sulfonamides is 1. The Morgan fingerprint density at radius 2 is 1.65 bits per heavy atom. The smallest absolute Gasteiger partial charge is 0.264 e. The topological polar surface area (TPSA) is 80.1 Å². The summed E-state index contributed by atoms with van der Waals surface area (Å²) in [6.45, 7) is 0.968. The monoisotopic (exact) mass is 478 g/mol. The van der Waals surface area contributed by atoms with Crippen LogP contribution in [-0.4, -0.2) is 46.0 Å². The van der Waals surface area contributed by atoms with Crippen LogP contribution in [0.25, 0.3) is 21.9 Å². The molecule has 2 heterocycles. The van der Waals surface area contributed by atoms with Crippen LogP contribution in [0, 0.1) is 0 Å². The number of piperidine rings is 1. The van der Waals surface area contributed by atoms with Crippen molar-refractivity contribution in [3.05, 3.63) is 66.7 Å². The third-order valence-electron chi connectivity index (χ3n) is 6.27. The quantitative estimate of drug-likeness (QED) is 0.398. The number of amides is 1. The van der Waals surface area contributed by atoms with Gasteiger partial charge >= 0.3 is 0 Å². The van der Waals surface area contributed by atoms with Gasteiger partial charge in [-0.2, -0.15) is 0 Å². The first kappa shape index (κ1) is 22.3. The molecule has 3 aromatic carbocycles. The van der Waals surface area contributed by atoms with Crippen LogP contribution in [-0.2, 0) is 14.8 Å². The highest BCUT2D eigenvalue weighted by atomic mass is 32.2. The van der Waals surface area contributed by atoms with E-state index in [0.717, 1.165) is 30.0 Å². The first-order valence-electron chi connectivity index (χ1n) is 11.3. The van der Waals surface area contributed by atoms with Crippen LogP contribution < -0.4 is 9.04 Å². The normalized spacial score (nSPS) is 14.4. The van der Waals surface area contributed by atoms with Crippen LogP contribution in [0.3, 0.4) is 0 Å². The molecule has 0 N–H and O–H groups in total. The molecule has 0 saturated carbocycles. The highest BCUT2D eigenvalue weighted by Crippen LogP contribution is 2.40. The van der Waals surface area contributed by atoms with Crippen LogP contribution in [0.1, 0.15) is 19.3 Å². The number of ether oxygens (including phenoxy) is 1. The van der Waals surface area contributed by atoms with Crippen molar-refractivity contribution >= 4 is 43.6 Å². The zero-order chi connectivity index (χ0) is 23.7. The fourth-order valence-electron chi connectivity index (χ4n) is 4.49. The van der Waals surface area contributed by atoms with E-state index in [1.807, 2.05) is 24.3 Å². The number of carbonyl (C=O) groups is 1. The Kier molecular flexibility index (Phi) is 5.91. The molecule has 0 spiro atoms. The summed E-state index contributed by atoms with van der Waals surface area (Å²) in [5.74, 6) is 0.0934. The molecular weight excluding hydrogens is 452 g/mol. The van der Waals surface area contributed by atoms with Crippen molar-refractivity contribution in [1.29, 1.82) is 0 Å². The van der Waals surface area contributed by atoms with E-state index >= 15 is 0 Å². The molecule has 1 saturated heterocycles. The Balaban J connectivity index is 1.67. The molecule has 1 aromatic heterocycles. The van der Waals surface area contributed by atoms with Gasteiger partial charge in [0.15, 0.2) is 0 Å². The van der Waals surface area contributed by atoms with Gasteiger partial charge in [-0.05, 0) is 43.5 Å². The van der Waals surface area contributed by atoms with E-state index in [1.54, 1.807) is 35.2 Å². The molecule has 176 valence electrons. The van der Waals surface area contributed by atoms with Crippen molar-refractivity contribution in [3.8, 4) is 5.75 Å². The molecule has 1 fully saturated rings. The van der Waals surface area contributed by atoms with Crippen molar-refractivity contribution in [2.75, 3.05) is 31.0 Å². The standard InChI is InChI=1S/C26H26N2O5S/c1-32-25-17-24-21(20-12-6-7-13-23(20)33-24)16-22(25)28(18-26(29)27-14-8-3-9-15-27)34(30,31)19-10-4-2-5-11-19/h2,4-7,10-13,16-17H,3,8-9,14-15,18H2,1H3. The van der Waals surface area contributed by atoms with E-state index < -0.39 is 10.0 Å². The molecule has 1 amide bonds. The number of anilines is 1. The maximum atomic E-state index is 13.8. The Morgan fingerprint density at radius 1 is 0.941 bits per heavy atom. The van der Waals surface area contributed by atoms with Crippen molar-refractivity contribution in [3.63, 3.8) is 0 Å². The number of para-hydroxylation sites is 1. The fraction of sp³-hybridized carbons (Fsp3) is 0.269. The lowest BCUT2D eigenvalue weighted by Crippen LogP contribution is -2.45. The van der Waals surface area contributed by atoms with E-state index in [9.17, 15) is 13.2 Å². The Hall–Kier alpha value is -3.52. The summed E-state index contributed by atoms with van der Waals surface area (Å²) in [6, 6.07) is 19.2.